The van der Waals surface area contributed by atoms with E-state index in [2.05, 4.69) is 10.6 Å². The lowest BCUT2D eigenvalue weighted by molar-refractivity contribution is -0.122. The molecule has 2 aromatic carbocycles. The van der Waals surface area contributed by atoms with Crippen molar-refractivity contribution in [1.82, 2.24) is 0 Å². The van der Waals surface area contributed by atoms with Gasteiger partial charge < -0.3 is 15.7 Å². The predicted octanol–water partition coefficient (Wildman–Crippen LogP) is 4.36. The van der Waals surface area contributed by atoms with Crippen molar-refractivity contribution < 1.29 is 14.7 Å². The maximum atomic E-state index is 12.2. The van der Waals surface area contributed by atoms with E-state index in [0.29, 0.717) is 18.5 Å². The monoisotopic (exact) mass is 372 g/mol. The first-order chi connectivity index (χ1) is 12.5. The summed E-state index contributed by atoms with van der Waals surface area (Å²) in [6, 6.07) is 12.7. The van der Waals surface area contributed by atoms with Crippen LogP contribution in [0.4, 0.5) is 11.4 Å². The van der Waals surface area contributed by atoms with Crippen LogP contribution in [-0.4, -0.2) is 16.9 Å². The summed E-state index contributed by atoms with van der Waals surface area (Å²) in [6.07, 6.45) is 3.71. The molecular weight excluding hydrogens is 352 g/mol. The van der Waals surface area contributed by atoms with Crippen LogP contribution in [-0.2, 0) is 16.0 Å². The maximum absolute atomic E-state index is 12.2. The Balaban J connectivity index is 1.63. The molecule has 3 N–H and O–H groups in total. The molecule has 0 saturated heterocycles. The van der Waals surface area contributed by atoms with Crippen LogP contribution in [0.25, 0.3) is 0 Å². The largest absolute Gasteiger partial charge is 0.504 e. The van der Waals surface area contributed by atoms with E-state index in [0.717, 1.165) is 24.8 Å². The summed E-state index contributed by atoms with van der Waals surface area (Å²) < 4.78 is 0. The zero-order valence-corrected chi connectivity index (χ0v) is 15.1. The molecule has 0 aliphatic heterocycles. The van der Waals surface area contributed by atoms with Crippen molar-refractivity contribution in [3.8, 4) is 5.75 Å². The highest BCUT2D eigenvalue weighted by Crippen LogP contribution is 2.36. The molecule has 1 saturated carbocycles. The Morgan fingerprint density at radius 3 is 2.50 bits per heavy atom. The molecule has 136 valence electrons. The molecule has 0 unspecified atom stereocenters. The van der Waals surface area contributed by atoms with Crippen LogP contribution >= 0.6 is 11.6 Å². The van der Waals surface area contributed by atoms with Gasteiger partial charge in [0, 0.05) is 18.0 Å². The van der Waals surface area contributed by atoms with Crippen LogP contribution < -0.4 is 10.6 Å². The first kappa shape index (κ1) is 18.3. The Kier molecular flexibility index (Phi) is 5.78. The van der Waals surface area contributed by atoms with Gasteiger partial charge in [-0.2, -0.15) is 0 Å². The number of anilines is 2. The molecule has 0 bridgehead atoms. The molecule has 2 aromatic rings. The van der Waals surface area contributed by atoms with Gasteiger partial charge in [-0.3, -0.25) is 9.59 Å². The molecule has 2 amide bonds. The average Bonchev–Trinajstić information content (AvgIpc) is 2.57. The zero-order valence-electron chi connectivity index (χ0n) is 14.3. The van der Waals surface area contributed by atoms with E-state index in [1.54, 1.807) is 0 Å². The topological polar surface area (TPSA) is 78.4 Å². The highest BCUT2D eigenvalue weighted by atomic mass is 35.5. The second kappa shape index (κ2) is 8.23. The number of phenolic OH excluding ortho intramolecular Hbond substituents is 1. The molecular formula is C20H21ClN2O3. The van der Waals surface area contributed by atoms with E-state index in [1.807, 2.05) is 30.3 Å². The molecule has 0 radical (unpaired) electrons. The van der Waals surface area contributed by atoms with E-state index in [-0.39, 0.29) is 34.2 Å². The second-order valence-electron chi connectivity index (χ2n) is 6.51. The van der Waals surface area contributed by atoms with Gasteiger partial charge in [-0.05, 0) is 37.0 Å². The average molecular weight is 373 g/mol. The molecule has 1 fully saturated rings. The van der Waals surface area contributed by atoms with Gasteiger partial charge in [0.25, 0.3) is 0 Å². The number of carbonyl (C=O) groups excluding carboxylic acids is 2. The number of amides is 2. The number of benzene rings is 2. The molecule has 0 atom stereocenters. The Labute approximate surface area is 157 Å². The van der Waals surface area contributed by atoms with Crippen LogP contribution in [0.5, 0.6) is 5.75 Å². The van der Waals surface area contributed by atoms with Gasteiger partial charge >= 0.3 is 0 Å². The number of hydrogen-bond acceptors (Lipinski definition) is 3. The minimum Gasteiger partial charge on any atom is -0.504 e. The van der Waals surface area contributed by atoms with Gasteiger partial charge in [0.2, 0.25) is 11.8 Å². The highest BCUT2D eigenvalue weighted by molar-refractivity contribution is 6.33. The summed E-state index contributed by atoms with van der Waals surface area (Å²) in [5.74, 6) is -0.499. The molecule has 1 aliphatic carbocycles. The normalized spacial score (nSPS) is 13.7. The molecule has 0 spiro atoms. The van der Waals surface area contributed by atoms with Gasteiger partial charge in [-0.25, -0.2) is 0 Å². The summed E-state index contributed by atoms with van der Waals surface area (Å²) in [5.41, 5.74) is 1.74. The Morgan fingerprint density at radius 1 is 1.12 bits per heavy atom. The van der Waals surface area contributed by atoms with E-state index in [1.165, 1.54) is 12.1 Å². The Bertz CT molecular complexity index is 804. The summed E-state index contributed by atoms with van der Waals surface area (Å²) in [6.45, 7) is 0. The first-order valence-corrected chi connectivity index (χ1v) is 9.08. The van der Waals surface area contributed by atoms with E-state index in [4.69, 9.17) is 11.6 Å². The van der Waals surface area contributed by atoms with E-state index >= 15 is 0 Å². The number of halogens is 1. The van der Waals surface area contributed by atoms with Crippen molar-refractivity contribution in [3.63, 3.8) is 0 Å². The van der Waals surface area contributed by atoms with Crippen molar-refractivity contribution >= 4 is 34.8 Å². The number of phenols is 1. The number of rotatable bonds is 6. The number of carbonyl (C=O) groups is 2. The van der Waals surface area contributed by atoms with Crippen molar-refractivity contribution in [2.24, 2.45) is 5.92 Å². The minimum atomic E-state index is -0.193. The molecule has 1 aliphatic rings. The minimum absolute atomic E-state index is 0.0164. The smallest absolute Gasteiger partial charge is 0.227 e. The fourth-order valence-corrected chi connectivity index (χ4v) is 3.02. The molecule has 6 heteroatoms. The Hall–Kier alpha value is -2.53. The lowest BCUT2D eigenvalue weighted by Crippen LogP contribution is -2.28. The van der Waals surface area contributed by atoms with Crippen LogP contribution in [0.3, 0.4) is 0 Å². The molecule has 0 heterocycles. The van der Waals surface area contributed by atoms with Crippen LogP contribution in [0.2, 0.25) is 5.02 Å². The van der Waals surface area contributed by atoms with Gasteiger partial charge in [-0.1, -0.05) is 48.4 Å². The number of aromatic hydroxyl groups is 1. The number of aryl methyl sites for hydroxylation is 1. The number of hydrogen-bond donors (Lipinski definition) is 3. The molecule has 26 heavy (non-hydrogen) atoms. The van der Waals surface area contributed by atoms with Crippen LogP contribution in [0, 0.1) is 5.92 Å². The van der Waals surface area contributed by atoms with Crippen molar-refractivity contribution in [2.45, 2.75) is 32.1 Å². The number of nitrogens with one attached hydrogen (secondary N) is 2. The molecule has 0 aromatic heterocycles. The van der Waals surface area contributed by atoms with Gasteiger partial charge in [0.1, 0.15) is 0 Å². The summed E-state index contributed by atoms with van der Waals surface area (Å²) >= 11 is 6.03. The molecule has 3 rings (SSSR count). The van der Waals surface area contributed by atoms with Crippen molar-refractivity contribution in [2.75, 3.05) is 10.6 Å². The SMILES string of the molecule is O=C(CCc1ccccc1)Nc1cc(Cl)c(O)c(NC(=O)C2CCC2)c1. The fraction of sp³-hybridized carbons (Fsp3) is 0.300. The summed E-state index contributed by atoms with van der Waals surface area (Å²) in [7, 11) is 0. The van der Waals surface area contributed by atoms with Crippen molar-refractivity contribution in [1.29, 1.82) is 0 Å². The molecule has 5 nitrogen and oxygen atoms in total. The highest BCUT2D eigenvalue weighted by Gasteiger charge is 2.26. The summed E-state index contributed by atoms with van der Waals surface area (Å²) in [5, 5.41) is 15.6. The third-order valence-electron chi connectivity index (χ3n) is 4.56. The van der Waals surface area contributed by atoms with E-state index < -0.39 is 0 Å². The third-order valence-corrected chi connectivity index (χ3v) is 4.85. The first-order valence-electron chi connectivity index (χ1n) is 8.70. The lowest BCUT2D eigenvalue weighted by atomic mass is 9.85. The predicted molar refractivity (Wildman–Crippen MR) is 102 cm³/mol. The Morgan fingerprint density at radius 2 is 1.85 bits per heavy atom. The van der Waals surface area contributed by atoms with Crippen molar-refractivity contribution in [3.05, 3.63) is 53.1 Å². The maximum Gasteiger partial charge on any atom is 0.227 e. The van der Waals surface area contributed by atoms with Gasteiger partial charge in [0.05, 0.1) is 10.7 Å². The van der Waals surface area contributed by atoms with Gasteiger partial charge in [-0.15, -0.1) is 0 Å². The summed E-state index contributed by atoms with van der Waals surface area (Å²) in [4.78, 5) is 24.3. The van der Waals surface area contributed by atoms with Crippen LogP contribution in [0.15, 0.2) is 42.5 Å². The van der Waals surface area contributed by atoms with Gasteiger partial charge in [0.15, 0.2) is 5.75 Å². The quantitative estimate of drug-likeness (QED) is 0.521. The standard InChI is InChI=1S/C20H21ClN2O3/c21-16-11-15(22-18(24)10-9-13-5-2-1-3-6-13)12-17(19(16)25)23-20(26)14-7-4-8-14/h1-3,5-6,11-12,14,25H,4,7-10H2,(H,22,24)(H,23,26). The van der Waals surface area contributed by atoms with Crippen LogP contribution in [0.1, 0.15) is 31.2 Å². The second-order valence-corrected chi connectivity index (χ2v) is 6.91. The van der Waals surface area contributed by atoms with E-state index in [9.17, 15) is 14.7 Å². The fourth-order valence-electron chi connectivity index (χ4n) is 2.80. The third kappa shape index (κ3) is 4.55. The zero-order chi connectivity index (χ0) is 18.5. The lowest BCUT2D eigenvalue weighted by Gasteiger charge is -2.24.